The highest BCUT2D eigenvalue weighted by molar-refractivity contribution is 7.19. The topological polar surface area (TPSA) is 56.1 Å². The van der Waals surface area contributed by atoms with Crippen LogP contribution in [0.5, 0.6) is 5.75 Å². The summed E-state index contributed by atoms with van der Waals surface area (Å²) >= 11 is 7.41. The van der Waals surface area contributed by atoms with Gasteiger partial charge < -0.3 is 10.1 Å². The number of amides is 1. The van der Waals surface area contributed by atoms with Crippen LogP contribution in [0.1, 0.15) is 10.5 Å². The Morgan fingerprint density at radius 2 is 2.00 bits per heavy atom. The van der Waals surface area contributed by atoms with Crippen LogP contribution in [0, 0.1) is 0 Å². The van der Waals surface area contributed by atoms with Gasteiger partial charge in [0.2, 0.25) is 0 Å². The first-order chi connectivity index (χ1) is 11.1. The summed E-state index contributed by atoms with van der Waals surface area (Å²) in [4.78, 5) is 13.3. The van der Waals surface area contributed by atoms with Crippen LogP contribution in [0.4, 0.5) is 5.69 Å². The average molecular weight is 348 g/mol. The Hall–Kier alpha value is -2.31. The molecule has 0 aliphatic carbocycles. The van der Waals surface area contributed by atoms with Crippen molar-refractivity contribution in [2.75, 3.05) is 12.4 Å². The van der Waals surface area contributed by atoms with Gasteiger partial charge in [0, 0.05) is 12.7 Å². The van der Waals surface area contributed by atoms with Crippen molar-refractivity contribution in [3.63, 3.8) is 0 Å². The number of halogens is 1. The van der Waals surface area contributed by atoms with Gasteiger partial charge in [-0.3, -0.25) is 9.48 Å². The van der Waals surface area contributed by atoms with Gasteiger partial charge in [0.05, 0.1) is 22.0 Å². The van der Waals surface area contributed by atoms with Crippen LogP contribution >= 0.6 is 22.9 Å². The van der Waals surface area contributed by atoms with Crippen molar-refractivity contribution >= 4 is 34.5 Å². The Kier molecular flexibility index (Phi) is 4.36. The number of thiophene rings is 1. The molecule has 0 fully saturated rings. The number of carbonyl (C=O) groups excluding carboxylic acids is 1. The number of anilines is 1. The predicted molar refractivity (Wildman–Crippen MR) is 92.5 cm³/mol. The molecule has 23 heavy (non-hydrogen) atoms. The van der Waals surface area contributed by atoms with Crippen LogP contribution in [0.2, 0.25) is 4.34 Å². The molecule has 0 spiro atoms. The fourth-order valence-corrected chi connectivity index (χ4v) is 3.22. The minimum atomic E-state index is -0.264. The quantitative estimate of drug-likeness (QED) is 0.774. The molecule has 0 aliphatic heterocycles. The van der Waals surface area contributed by atoms with Crippen LogP contribution in [0.25, 0.3) is 10.6 Å². The summed E-state index contributed by atoms with van der Waals surface area (Å²) in [6.07, 6.45) is 0. The third-order valence-electron chi connectivity index (χ3n) is 3.29. The number of carbonyl (C=O) groups is 1. The Balaban J connectivity index is 1.79. The van der Waals surface area contributed by atoms with E-state index in [1.54, 1.807) is 49.2 Å². The smallest absolute Gasteiger partial charge is 0.276 e. The number of aromatic nitrogens is 2. The average Bonchev–Trinajstić information content (AvgIpc) is 3.14. The number of nitrogens with zero attached hydrogens (tertiary/aromatic N) is 2. The van der Waals surface area contributed by atoms with Gasteiger partial charge in [-0.1, -0.05) is 11.6 Å². The zero-order chi connectivity index (χ0) is 16.4. The predicted octanol–water partition coefficient (Wildman–Crippen LogP) is 4.06. The normalized spacial score (nSPS) is 10.6. The maximum atomic E-state index is 12.3. The lowest BCUT2D eigenvalue weighted by Gasteiger charge is -2.04. The van der Waals surface area contributed by atoms with Crippen molar-refractivity contribution in [1.82, 2.24) is 9.78 Å². The monoisotopic (exact) mass is 347 g/mol. The fourth-order valence-electron chi connectivity index (χ4n) is 2.13. The molecule has 0 saturated heterocycles. The van der Waals surface area contributed by atoms with E-state index in [1.165, 1.54) is 11.3 Å². The molecule has 0 atom stereocenters. The molecule has 0 aliphatic rings. The molecule has 0 saturated carbocycles. The summed E-state index contributed by atoms with van der Waals surface area (Å²) in [6, 6.07) is 12.6. The zero-order valence-electron chi connectivity index (χ0n) is 12.5. The molecule has 7 heteroatoms. The third kappa shape index (κ3) is 3.38. The van der Waals surface area contributed by atoms with E-state index in [-0.39, 0.29) is 5.91 Å². The number of hydrogen-bond acceptors (Lipinski definition) is 4. The molecule has 118 valence electrons. The van der Waals surface area contributed by atoms with Gasteiger partial charge in [-0.25, -0.2) is 0 Å². The molecule has 1 amide bonds. The molecule has 2 aromatic heterocycles. The van der Waals surface area contributed by atoms with Crippen LogP contribution in [-0.2, 0) is 7.05 Å². The number of hydrogen-bond donors (Lipinski definition) is 1. The van der Waals surface area contributed by atoms with Crippen molar-refractivity contribution in [1.29, 1.82) is 0 Å². The standard InChI is InChI=1S/C16H14ClN3O2S/c1-20-13(14-7-8-15(17)23-14)9-12(19-20)16(21)18-10-3-5-11(22-2)6-4-10/h3-9H,1-2H3,(H,18,21). The van der Waals surface area contributed by atoms with Gasteiger partial charge in [-0.05, 0) is 42.5 Å². The molecular weight excluding hydrogens is 334 g/mol. The first kappa shape index (κ1) is 15.6. The van der Waals surface area contributed by atoms with Crippen LogP contribution in [0.15, 0.2) is 42.5 Å². The van der Waals surface area contributed by atoms with Gasteiger partial charge in [0.25, 0.3) is 5.91 Å². The van der Waals surface area contributed by atoms with E-state index in [4.69, 9.17) is 16.3 Å². The van der Waals surface area contributed by atoms with E-state index in [0.717, 1.165) is 16.3 Å². The summed E-state index contributed by atoms with van der Waals surface area (Å²) in [5, 5.41) is 7.08. The lowest BCUT2D eigenvalue weighted by atomic mass is 10.2. The van der Waals surface area contributed by atoms with Gasteiger partial charge in [0.1, 0.15) is 5.75 Å². The third-order valence-corrected chi connectivity index (χ3v) is 4.54. The van der Waals surface area contributed by atoms with E-state index >= 15 is 0 Å². The minimum absolute atomic E-state index is 0.264. The van der Waals surface area contributed by atoms with Crippen molar-refractivity contribution in [3.8, 4) is 16.3 Å². The molecule has 1 N–H and O–H groups in total. The van der Waals surface area contributed by atoms with E-state index in [9.17, 15) is 4.79 Å². The molecule has 0 radical (unpaired) electrons. The van der Waals surface area contributed by atoms with Crippen LogP contribution < -0.4 is 10.1 Å². The van der Waals surface area contributed by atoms with Crippen molar-refractivity contribution in [2.45, 2.75) is 0 Å². The molecule has 1 aromatic carbocycles. The molecule has 3 aromatic rings. The summed E-state index contributed by atoms with van der Waals surface area (Å²) < 4.78 is 7.46. The van der Waals surface area contributed by atoms with Gasteiger partial charge >= 0.3 is 0 Å². The largest absolute Gasteiger partial charge is 0.497 e. The Morgan fingerprint density at radius 3 is 2.61 bits per heavy atom. The number of benzene rings is 1. The van der Waals surface area contributed by atoms with Crippen molar-refractivity contribution in [2.24, 2.45) is 7.05 Å². The first-order valence-corrected chi connectivity index (χ1v) is 8.01. The number of ether oxygens (including phenoxy) is 1. The summed E-state index contributed by atoms with van der Waals surface area (Å²) in [7, 11) is 3.40. The molecule has 0 unspecified atom stereocenters. The number of nitrogens with one attached hydrogen (secondary N) is 1. The second-order valence-electron chi connectivity index (χ2n) is 4.82. The molecule has 5 nitrogen and oxygen atoms in total. The fraction of sp³-hybridized carbons (Fsp3) is 0.125. The Bertz CT molecular complexity index is 839. The second kappa shape index (κ2) is 6.44. The molecule has 0 bridgehead atoms. The maximum absolute atomic E-state index is 12.3. The zero-order valence-corrected chi connectivity index (χ0v) is 14.1. The molecule has 2 heterocycles. The van der Waals surface area contributed by atoms with Gasteiger partial charge in [-0.15, -0.1) is 11.3 Å². The summed E-state index contributed by atoms with van der Waals surface area (Å²) in [5.41, 5.74) is 1.88. The van der Waals surface area contributed by atoms with Crippen molar-refractivity contribution in [3.05, 3.63) is 52.5 Å². The highest BCUT2D eigenvalue weighted by Gasteiger charge is 2.15. The number of aryl methyl sites for hydroxylation is 1. The maximum Gasteiger partial charge on any atom is 0.276 e. The van der Waals surface area contributed by atoms with Gasteiger partial charge in [0.15, 0.2) is 5.69 Å². The Labute approximate surface area is 142 Å². The second-order valence-corrected chi connectivity index (χ2v) is 6.54. The number of rotatable bonds is 4. The SMILES string of the molecule is COc1ccc(NC(=O)c2cc(-c3ccc(Cl)s3)n(C)n2)cc1. The van der Waals surface area contributed by atoms with E-state index in [2.05, 4.69) is 10.4 Å². The highest BCUT2D eigenvalue weighted by atomic mass is 35.5. The summed E-state index contributed by atoms with van der Waals surface area (Å²) in [6.45, 7) is 0. The van der Waals surface area contributed by atoms with Crippen LogP contribution in [0.3, 0.4) is 0 Å². The van der Waals surface area contributed by atoms with E-state index in [0.29, 0.717) is 15.7 Å². The molecular formula is C16H14ClN3O2S. The van der Waals surface area contributed by atoms with E-state index in [1.807, 2.05) is 12.1 Å². The lowest BCUT2D eigenvalue weighted by molar-refractivity contribution is 0.102. The molecule has 3 rings (SSSR count). The summed E-state index contributed by atoms with van der Waals surface area (Å²) in [5.74, 6) is 0.470. The number of methoxy groups -OCH3 is 1. The van der Waals surface area contributed by atoms with Crippen LogP contribution in [-0.4, -0.2) is 22.8 Å². The van der Waals surface area contributed by atoms with Crippen molar-refractivity contribution < 1.29 is 9.53 Å². The highest BCUT2D eigenvalue weighted by Crippen LogP contribution is 2.31. The Morgan fingerprint density at radius 1 is 1.26 bits per heavy atom. The van der Waals surface area contributed by atoms with E-state index < -0.39 is 0 Å². The minimum Gasteiger partial charge on any atom is -0.497 e. The lowest BCUT2D eigenvalue weighted by Crippen LogP contribution is -2.12. The first-order valence-electron chi connectivity index (χ1n) is 6.82. The van der Waals surface area contributed by atoms with Gasteiger partial charge in [-0.2, -0.15) is 5.10 Å².